The lowest BCUT2D eigenvalue weighted by Gasteiger charge is -2.08. The van der Waals surface area contributed by atoms with Crippen molar-refractivity contribution in [3.05, 3.63) is 44.8 Å². The topological polar surface area (TPSA) is 38.3 Å². The second kappa shape index (κ2) is 6.27. The number of alkyl halides is 2. The average Bonchev–Trinajstić information content (AvgIpc) is 2.78. The second-order valence-electron chi connectivity index (χ2n) is 3.58. The summed E-state index contributed by atoms with van der Waals surface area (Å²) in [7, 11) is 0. The van der Waals surface area contributed by atoms with E-state index in [9.17, 15) is 18.0 Å². The van der Waals surface area contributed by atoms with Crippen LogP contribution in [0.4, 0.5) is 18.9 Å². The highest BCUT2D eigenvalue weighted by Crippen LogP contribution is 2.26. The predicted octanol–water partition coefficient (Wildman–Crippen LogP) is 4.50. The molecule has 1 amide bonds. The molecule has 1 aromatic heterocycles. The maximum Gasteiger partial charge on any atom is 0.387 e. The molecule has 2 rings (SSSR count). The lowest BCUT2D eigenvalue weighted by Crippen LogP contribution is -2.11. The number of hydrogen-bond donors (Lipinski definition) is 1. The first kappa shape index (κ1) is 14.9. The van der Waals surface area contributed by atoms with Gasteiger partial charge < -0.3 is 10.1 Å². The standard InChI is InChI=1S/C12H7BrF3NO2S/c13-7-3-4-20-10(7)11(18)17-6-1-2-9(8(14)5-6)19-12(15)16/h1-5,12H,(H,17,18). The van der Waals surface area contributed by atoms with E-state index in [1.54, 1.807) is 11.4 Å². The summed E-state index contributed by atoms with van der Waals surface area (Å²) >= 11 is 4.42. The summed E-state index contributed by atoms with van der Waals surface area (Å²) in [6, 6.07) is 4.93. The van der Waals surface area contributed by atoms with Gasteiger partial charge in [0.15, 0.2) is 11.6 Å². The molecule has 20 heavy (non-hydrogen) atoms. The number of anilines is 1. The number of halogens is 4. The summed E-state index contributed by atoms with van der Waals surface area (Å²) in [5.41, 5.74) is 0.148. The van der Waals surface area contributed by atoms with Crippen LogP contribution in [0.25, 0.3) is 0 Å². The highest BCUT2D eigenvalue weighted by molar-refractivity contribution is 9.10. The number of carbonyl (C=O) groups excluding carboxylic acids is 1. The van der Waals surface area contributed by atoms with Gasteiger partial charge >= 0.3 is 6.61 Å². The molecule has 0 fully saturated rings. The van der Waals surface area contributed by atoms with Crippen LogP contribution in [-0.2, 0) is 0 Å². The van der Waals surface area contributed by atoms with Gasteiger partial charge in [-0.3, -0.25) is 4.79 Å². The van der Waals surface area contributed by atoms with Crippen molar-refractivity contribution < 1.29 is 22.7 Å². The minimum absolute atomic E-state index is 0.148. The van der Waals surface area contributed by atoms with Gasteiger partial charge in [-0.1, -0.05) is 0 Å². The number of ether oxygens (including phenoxy) is 1. The number of hydrogen-bond acceptors (Lipinski definition) is 3. The van der Waals surface area contributed by atoms with Crippen LogP contribution in [0.1, 0.15) is 9.67 Å². The lowest BCUT2D eigenvalue weighted by atomic mass is 10.3. The lowest BCUT2D eigenvalue weighted by molar-refractivity contribution is -0.0521. The van der Waals surface area contributed by atoms with Gasteiger partial charge in [-0.05, 0) is 39.5 Å². The fourth-order valence-corrected chi connectivity index (χ4v) is 2.86. The van der Waals surface area contributed by atoms with Crippen LogP contribution in [0.15, 0.2) is 34.1 Å². The SMILES string of the molecule is O=C(Nc1ccc(OC(F)F)c(F)c1)c1sccc1Br. The molecule has 0 aliphatic carbocycles. The maximum atomic E-state index is 13.5. The molecule has 3 nitrogen and oxygen atoms in total. The maximum absolute atomic E-state index is 13.5. The van der Waals surface area contributed by atoms with E-state index in [0.717, 1.165) is 12.1 Å². The first-order valence-electron chi connectivity index (χ1n) is 5.26. The molecule has 0 bridgehead atoms. The zero-order valence-corrected chi connectivity index (χ0v) is 12.1. The Balaban J connectivity index is 2.13. The van der Waals surface area contributed by atoms with Crippen LogP contribution < -0.4 is 10.1 Å². The van der Waals surface area contributed by atoms with Crippen LogP contribution in [0.2, 0.25) is 0 Å². The number of rotatable bonds is 4. The molecule has 0 saturated carbocycles. The molecule has 0 aliphatic heterocycles. The van der Waals surface area contributed by atoms with E-state index in [1.165, 1.54) is 17.4 Å². The highest BCUT2D eigenvalue weighted by atomic mass is 79.9. The third-order valence-corrected chi connectivity index (χ3v) is 4.07. The molecule has 1 aromatic carbocycles. The second-order valence-corrected chi connectivity index (χ2v) is 5.35. The Kier molecular flexibility index (Phi) is 4.66. The summed E-state index contributed by atoms with van der Waals surface area (Å²) in [5.74, 6) is -1.97. The predicted molar refractivity (Wildman–Crippen MR) is 73.0 cm³/mol. The van der Waals surface area contributed by atoms with Crippen molar-refractivity contribution in [1.29, 1.82) is 0 Å². The van der Waals surface area contributed by atoms with Gasteiger partial charge in [-0.15, -0.1) is 11.3 Å². The molecule has 0 atom stereocenters. The van der Waals surface area contributed by atoms with Crippen molar-refractivity contribution in [2.75, 3.05) is 5.32 Å². The van der Waals surface area contributed by atoms with E-state index >= 15 is 0 Å². The molecule has 1 heterocycles. The number of amides is 1. The Hall–Kier alpha value is -1.54. The normalized spacial score (nSPS) is 10.7. The Labute approximate surface area is 124 Å². The van der Waals surface area contributed by atoms with Crippen molar-refractivity contribution in [3.8, 4) is 5.75 Å². The molecule has 0 aliphatic rings. The largest absolute Gasteiger partial charge is 0.432 e. The van der Waals surface area contributed by atoms with Gasteiger partial charge in [0.1, 0.15) is 4.88 Å². The number of nitrogens with one attached hydrogen (secondary N) is 1. The van der Waals surface area contributed by atoms with Crippen LogP contribution in [0.5, 0.6) is 5.75 Å². The van der Waals surface area contributed by atoms with E-state index in [4.69, 9.17) is 0 Å². The smallest absolute Gasteiger partial charge is 0.387 e. The number of thiophene rings is 1. The monoisotopic (exact) mass is 365 g/mol. The van der Waals surface area contributed by atoms with E-state index in [1.807, 2.05) is 0 Å². The van der Waals surface area contributed by atoms with Gasteiger partial charge in [0.25, 0.3) is 5.91 Å². The third-order valence-electron chi connectivity index (χ3n) is 2.23. The fourth-order valence-electron chi connectivity index (χ4n) is 1.41. The summed E-state index contributed by atoms with van der Waals surface area (Å²) in [6.45, 7) is -3.10. The van der Waals surface area contributed by atoms with Crippen molar-refractivity contribution in [1.82, 2.24) is 0 Å². The zero-order valence-electron chi connectivity index (χ0n) is 9.70. The minimum atomic E-state index is -3.10. The average molecular weight is 366 g/mol. The molecule has 0 saturated heterocycles. The van der Waals surface area contributed by atoms with Gasteiger partial charge in [0.2, 0.25) is 0 Å². The Morgan fingerprint density at radius 3 is 2.65 bits per heavy atom. The third kappa shape index (κ3) is 3.51. The van der Waals surface area contributed by atoms with Crippen molar-refractivity contribution >= 4 is 38.9 Å². The molecular formula is C12H7BrF3NO2S. The van der Waals surface area contributed by atoms with E-state index in [0.29, 0.717) is 9.35 Å². The Bertz CT molecular complexity index is 633. The van der Waals surface area contributed by atoms with E-state index in [-0.39, 0.29) is 5.69 Å². The highest BCUT2D eigenvalue weighted by Gasteiger charge is 2.14. The summed E-state index contributed by atoms with van der Waals surface area (Å²) in [6.07, 6.45) is 0. The van der Waals surface area contributed by atoms with Crippen LogP contribution in [0, 0.1) is 5.82 Å². The Morgan fingerprint density at radius 1 is 1.35 bits per heavy atom. The molecule has 0 unspecified atom stereocenters. The van der Waals surface area contributed by atoms with Crippen LogP contribution in [0.3, 0.4) is 0 Å². The van der Waals surface area contributed by atoms with Crippen molar-refractivity contribution in [3.63, 3.8) is 0 Å². The summed E-state index contributed by atoms with van der Waals surface area (Å²) < 4.78 is 42.0. The number of carbonyl (C=O) groups is 1. The molecule has 0 radical (unpaired) electrons. The van der Waals surface area contributed by atoms with Gasteiger partial charge in [0.05, 0.1) is 0 Å². The molecule has 106 valence electrons. The molecule has 8 heteroatoms. The minimum Gasteiger partial charge on any atom is -0.432 e. The zero-order chi connectivity index (χ0) is 14.7. The van der Waals surface area contributed by atoms with Gasteiger partial charge in [0, 0.05) is 16.2 Å². The molecule has 2 aromatic rings. The van der Waals surface area contributed by atoms with E-state index < -0.39 is 24.1 Å². The summed E-state index contributed by atoms with van der Waals surface area (Å²) in [4.78, 5) is 12.3. The Morgan fingerprint density at radius 2 is 2.10 bits per heavy atom. The molecular weight excluding hydrogens is 359 g/mol. The quantitative estimate of drug-likeness (QED) is 0.865. The van der Waals surface area contributed by atoms with Gasteiger partial charge in [-0.2, -0.15) is 8.78 Å². The van der Waals surface area contributed by atoms with Gasteiger partial charge in [-0.25, -0.2) is 4.39 Å². The van der Waals surface area contributed by atoms with Crippen LogP contribution in [-0.4, -0.2) is 12.5 Å². The first-order valence-corrected chi connectivity index (χ1v) is 6.93. The van der Waals surface area contributed by atoms with Crippen molar-refractivity contribution in [2.45, 2.75) is 6.61 Å². The molecule has 1 N–H and O–H groups in total. The fraction of sp³-hybridized carbons (Fsp3) is 0.0833. The van der Waals surface area contributed by atoms with Crippen LogP contribution >= 0.6 is 27.3 Å². The first-order chi connectivity index (χ1) is 9.47. The van der Waals surface area contributed by atoms with E-state index in [2.05, 4.69) is 26.0 Å². The number of benzene rings is 1. The summed E-state index contributed by atoms with van der Waals surface area (Å²) in [5, 5.41) is 4.19. The van der Waals surface area contributed by atoms with Crippen molar-refractivity contribution in [2.24, 2.45) is 0 Å². The molecule has 0 spiro atoms.